The van der Waals surface area contributed by atoms with E-state index in [9.17, 15) is 0 Å². The standard InChI is InChI=1S/C6H8N2O2/c1-5(3-9-7-1)6-2-8-10-4-6/h1-2,5-6H,3-4H2. The molecule has 0 aromatic heterocycles. The van der Waals surface area contributed by atoms with Crippen LogP contribution in [-0.4, -0.2) is 25.6 Å². The number of hydrogen-bond donors (Lipinski definition) is 0. The first-order chi connectivity index (χ1) is 4.97. The summed E-state index contributed by atoms with van der Waals surface area (Å²) in [5.41, 5.74) is 0. The van der Waals surface area contributed by atoms with Crippen LogP contribution in [0.25, 0.3) is 0 Å². The molecule has 0 amide bonds. The molecule has 2 atom stereocenters. The summed E-state index contributed by atoms with van der Waals surface area (Å²) >= 11 is 0. The van der Waals surface area contributed by atoms with E-state index < -0.39 is 0 Å². The first-order valence-electron chi connectivity index (χ1n) is 3.28. The Balaban J connectivity index is 1.98. The lowest BCUT2D eigenvalue weighted by Crippen LogP contribution is -2.19. The molecule has 0 aromatic rings. The number of oxime groups is 2. The Kier molecular flexibility index (Phi) is 1.30. The molecule has 4 nitrogen and oxygen atoms in total. The van der Waals surface area contributed by atoms with E-state index in [-0.39, 0.29) is 0 Å². The molecule has 0 aromatic carbocycles. The summed E-state index contributed by atoms with van der Waals surface area (Å²) in [5, 5.41) is 7.33. The minimum atomic E-state index is 0.367. The Morgan fingerprint density at radius 3 is 1.80 bits per heavy atom. The van der Waals surface area contributed by atoms with E-state index in [1.54, 1.807) is 0 Å². The average molecular weight is 140 g/mol. The molecule has 2 aliphatic heterocycles. The minimum Gasteiger partial charge on any atom is -0.395 e. The minimum absolute atomic E-state index is 0.367. The summed E-state index contributed by atoms with van der Waals surface area (Å²) in [4.78, 5) is 9.64. The third kappa shape index (κ3) is 0.853. The van der Waals surface area contributed by atoms with Crippen molar-refractivity contribution < 1.29 is 9.68 Å². The lowest BCUT2D eigenvalue weighted by Gasteiger charge is -2.06. The van der Waals surface area contributed by atoms with E-state index in [1.165, 1.54) is 0 Å². The SMILES string of the molecule is C1=NOCC1C1C=NOC1. The van der Waals surface area contributed by atoms with Gasteiger partial charge in [-0.05, 0) is 0 Å². The van der Waals surface area contributed by atoms with Gasteiger partial charge in [0, 0.05) is 11.8 Å². The maximum atomic E-state index is 4.82. The van der Waals surface area contributed by atoms with Crippen molar-refractivity contribution in [3.63, 3.8) is 0 Å². The molecule has 0 saturated heterocycles. The molecular weight excluding hydrogens is 132 g/mol. The van der Waals surface area contributed by atoms with Gasteiger partial charge in [-0.1, -0.05) is 10.3 Å². The van der Waals surface area contributed by atoms with Gasteiger partial charge in [0.15, 0.2) is 0 Å². The van der Waals surface area contributed by atoms with E-state index >= 15 is 0 Å². The van der Waals surface area contributed by atoms with Gasteiger partial charge in [-0.3, -0.25) is 0 Å². The molecule has 2 rings (SSSR count). The second-order valence-electron chi connectivity index (χ2n) is 2.43. The average Bonchev–Trinajstić information content (AvgIpc) is 2.59. The first kappa shape index (κ1) is 5.70. The summed E-state index contributed by atoms with van der Waals surface area (Å²) in [5.74, 6) is 0.734. The largest absolute Gasteiger partial charge is 0.395 e. The molecule has 0 saturated carbocycles. The quantitative estimate of drug-likeness (QED) is 0.524. The maximum Gasteiger partial charge on any atom is 0.125 e. The fourth-order valence-electron chi connectivity index (χ4n) is 1.05. The molecule has 2 heterocycles. The van der Waals surface area contributed by atoms with Crippen molar-refractivity contribution in [2.45, 2.75) is 0 Å². The third-order valence-electron chi connectivity index (χ3n) is 1.74. The van der Waals surface area contributed by atoms with Crippen molar-refractivity contribution >= 4 is 12.4 Å². The zero-order valence-electron chi connectivity index (χ0n) is 5.43. The predicted octanol–water partition coefficient (Wildman–Crippen LogP) is 0.251. The van der Waals surface area contributed by atoms with Gasteiger partial charge in [0.2, 0.25) is 0 Å². The molecule has 2 aliphatic rings. The van der Waals surface area contributed by atoms with E-state index in [1.807, 2.05) is 12.4 Å². The highest BCUT2D eigenvalue weighted by Crippen LogP contribution is 2.16. The lowest BCUT2D eigenvalue weighted by atomic mass is 9.97. The Hall–Kier alpha value is -1.06. The van der Waals surface area contributed by atoms with Crippen LogP contribution in [0.4, 0.5) is 0 Å². The van der Waals surface area contributed by atoms with E-state index in [0.29, 0.717) is 25.0 Å². The van der Waals surface area contributed by atoms with Gasteiger partial charge in [0.05, 0.1) is 12.4 Å². The van der Waals surface area contributed by atoms with E-state index in [0.717, 1.165) is 0 Å². The Bertz CT molecular complexity index is 159. The van der Waals surface area contributed by atoms with Crippen molar-refractivity contribution in [2.24, 2.45) is 22.1 Å². The molecule has 4 heteroatoms. The highest BCUT2D eigenvalue weighted by Gasteiger charge is 2.25. The summed E-state index contributed by atoms with van der Waals surface area (Å²) in [6.07, 6.45) is 3.62. The molecular formula is C6H8N2O2. The van der Waals surface area contributed by atoms with Crippen LogP contribution in [0.15, 0.2) is 10.3 Å². The second-order valence-corrected chi connectivity index (χ2v) is 2.43. The summed E-state index contributed by atoms with van der Waals surface area (Å²) in [6.45, 7) is 1.33. The Morgan fingerprint density at radius 2 is 1.50 bits per heavy atom. The van der Waals surface area contributed by atoms with E-state index in [2.05, 4.69) is 10.3 Å². The fourth-order valence-corrected chi connectivity index (χ4v) is 1.05. The van der Waals surface area contributed by atoms with Gasteiger partial charge in [-0.2, -0.15) is 0 Å². The molecule has 54 valence electrons. The van der Waals surface area contributed by atoms with Crippen LogP contribution >= 0.6 is 0 Å². The second kappa shape index (κ2) is 2.28. The van der Waals surface area contributed by atoms with Crippen molar-refractivity contribution in [3.8, 4) is 0 Å². The van der Waals surface area contributed by atoms with Gasteiger partial charge in [-0.25, -0.2) is 0 Å². The zero-order valence-corrected chi connectivity index (χ0v) is 5.43. The van der Waals surface area contributed by atoms with Gasteiger partial charge in [0.25, 0.3) is 0 Å². The van der Waals surface area contributed by atoms with Crippen LogP contribution in [-0.2, 0) is 9.68 Å². The van der Waals surface area contributed by atoms with Gasteiger partial charge in [0.1, 0.15) is 13.2 Å². The van der Waals surface area contributed by atoms with Crippen molar-refractivity contribution in [1.82, 2.24) is 0 Å². The van der Waals surface area contributed by atoms with Crippen LogP contribution in [0.3, 0.4) is 0 Å². The predicted molar refractivity (Wildman–Crippen MR) is 35.9 cm³/mol. The number of rotatable bonds is 1. The zero-order chi connectivity index (χ0) is 6.81. The van der Waals surface area contributed by atoms with Gasteiger partial charge in [-0.15, -0.1) is 0 Å². The van der Waals surface area contributed by atoms with Crippen LogP contribution < -0.4 is 0 Å². The first-order valence-corrected chi connectivity index (χ1v) is 3.28. The van der Waals surface area contributed by atoms with Gasteiger partial charge >= 0.3 is 0 Å². The molecule has 10 heavy (non-hydrogen) atoms. The molecule has 0 N–H and O–H groups in total. The normalized spacial score (nSPS) is 36.0. The van der Waals surface area contributed by atoms with E-state index in [4.69, 9.17) is 9.68 Å². The van der Waals surface area contributed by atoms with Crippen molar-refractivity contribution in [3.05, 3.63) is 0 Å². The molecule has 0 radical (unpaired) electrons. The lowest BCUT2D eigenvalue weighted by molar-refractivity contribution is 0.117. The Labute approximate surface area is 58.5 Å². The molecule has 0 spiro atoms. The third-order valence-corrected chi connectivity index (χ3v) is 1.74. The van der Waals surface area contributed by atoms with Crippen LogP contribution in [0.2, 0.25) is 0 Å². The van der Waals surface area contributed by atoms with Crippen LogP contribution in [0.5, 0.6) is 0 Å². The summed E-state index contributed by atoms with van der Waals surface area (Å²) in [7, 11) is 0. The fraction of sp³-hybridized carbons (Fsp3) is 0.667. The highest BCUT2D eigenvalue weighted by molar-refractivity contribution is 5.72. The Morgan fingerprint density at radius 1 is 1.00 bits per heavy atom. The maximum absolute atomic E-state index is 4.82. The summed E-state index contributed by atoms with van der Waals surface area (Å²) in [6, 6.07) is 0. The molecule has 0 bridgehead atoms. The molecule has 0 fully saturated rings. The van der Waals surface area contributed by atoms with Crippen LogP contribution in [0.1, 0.15) is 0 Å². The molecule has 2 unspecified atom stereocenters. The topological polar surface area (TPSA) is 43.2 Å². The summed E-state index contributed by atoms with van der Waals surface area (Å²) < 4.78 is 0. The highest BCUT2D eigenvalue weighted by atomic mass is 16.6. The van der Waals surface area contributed by atoms with Crippen molar-refractivity contribution in [2.75, 3.05) is 13.2 Å². The van der Waals surface area contributed by atoms with Crippen LogP contribution in [0, 0.1) is 11.8 Å². The number of nitrogens with zero attached hydrogens (tertiary/aromatic N) is 2. The smallest absolute Gasteiger partial charge is 0.125 e. The van der Waals surface area contributed by atoms with Gasteiger partial charge < -0.3 is 9.68 Å². The monoisotopic (exact) mass is 140 g/mol. The van der Waals surface area contributed by atoms with Crippen molar-refractivity contribution in [1.29, 1.82) is 0 Å². The molecule has 0 aliphatic carbocycles. The number of hydrogen-bond acceptors (Lipinski definition) is 4.